The molecule has 0 unspecified atom stereocenters. The minimum absolute atomic E-state index is 0.240. The first-order valence-corrected chi connectivity index (χ1v) is 8.82. The summed E-state index contributed by atoms with van der Waals surface area (Å²) in [5.41, 5.74) is 0.807. The van der Waals surface area contributed by atoms with Gasteiger partial charge in [0.25, 0.3) is 0 Å². The SMILES string of the molecule is O=S(=O)(NCc1ccoc1)c1ccsc1CNC1CC1. The average molecular weight is 312 g/mol. The van der Waals surface area contributed by atoms with Gasteiger partial charge >= 0.3 is 0 Å². The van der Waals surface area contributed by atoms with Gasteiger partial charge in [0.05, 0.1) is 17.4 Å². The molecule has 2 N–H and O–H groups in total. The van der Waals surface area contributed by atoms with Crippen LogP contribution in [0.5, 0.6) is 0 Å². The second-order valence-electron chi connectivity index (χ2n) is 4.82. The van der Waals surface area contributed by atoms with Crippen molar-refractivity contribution in [2.75, 3.05) is 0 Å². The molecule has 0 saturated heterocycles. The zero-order chi connectivity index (χ0) is 14.0. The van der Waals surface area contributed by atoms with Crippen molar-refractivity contribution in [2.45, 2.75) is 36.9 Å². The Bertz CT molecular complexity index is 658. The van der Waals surface area contributed by atoms with Gasteiger partial charge in [-0.3, -0.25) is 0 Å². The van der Waals surface area contributed by atoms with Crippen LogP contribution in [0.1, 0.15) is 23.3 Å². The maximum atomic E-state index is 12.3. The van der Waals surface area contributed by atoms with Crippen molar-refractivity contribution in [3.8, 4) is 0 Å². The van der Waals surface area contributed by atoms with Gasteiger partial charge in [-0.2, -0.15) is 0 Å². The molecule has 1 aliphatic rings. The summed E-state index contributed by atoms with van der Waals surface area (Å²) in [6, 6.07) is 3.96. The average Bonchev–Trinajstić information content (AvgIpc) is 2.94. The Morgan fingerprint density at radius 3 is 2.85 bits per heavy atom. The molecule has 20 heavy (non-hydrogen) atoms. The van der Waals surface area contributed by atoms with E-state index >= 15 is 0 Å². The molecule has 3 rings (SSSR count). The Balaban J connectivity index is 1.68. The molecule has 2 aromatic rings. The minimum atomic E-state index is -3.47. The third-order valence-corrected chi connectivity index (χ3v) is 5.71. The standard InChI is InChI=1S/C13H16N2O3S2/c16-20(17,15-7-10-3-5-18-9-10)13-4-6-19-12(13)8-14-11-1-2-11/h3-6,9,11,14-15H,1-2,7-8H2. The van der Waals surface area contributed by atoms with Crippen LogP contribution in [0.3, 0.4) is 0 Å². The zero-order valence-electron chi connectivity index (χ0n) is 10.8. The molecule has 1 saturated carbocycles. The first-order valence-electron chi connectivity index (χ1n) is 6.45. The van der Waals surface area contributed by atoms with Gasteiger partial charge in [0, 0.05) is 29.6 Å². The Hall–Kier alpha value is -1.15. The Labute approximate surface area is 122 Å². The number of sulfonamides is 1. The maximum absolute atomic E-state index is 12.3. The van der Waals surface area contributed by atoms with E-state index in [1.165, 1.54) is 36.7 Å². The van der Waals surface area contributed by atoms with Crippen LogP contribution in [0.2, 0.25) is 0 Å². The summed E-state index contributed by atoms with van der Waals surface area (Å²) < 4.78 is 32.1. The van der Waals surface area contributed by atoms with Gasteiger partial charge in [-0.25, -0.2) is 13.1 Å². The van der Waals surface area contributed by atoms with Gasteiger partial charge in [0.15, 0.2) is 0 Å². The number of rotatable bonds is 7. The van der Waals surface area contributed by atoms with Gasteiger partial charge in [0.1, 0.15) is 0 Å². The van der Waals surface area contributed by atoms with Crippen LogP contribution < -0.4 is 10.0 Å². The predicted octanol–water partition coefficient (Wildman–Crippen LogP) is 2.07. The summed E-state index contributed by atoms with van der Waals surface area (Å²) >= 11 is 1.47. The second-order valence-corrected chi connectivity index (χ2v) is 7.56. The molecular formula is C13H16N2O3S2. The van der Waals surface area contributed by atoms with Gasteiger partial charge in [-0.1, -0.05) is 0 Å². The van der Waals surface area contributed by atoms with E-state index in [0.717, 1.165) is 10.4 Å². The third-order valence-electron chi connectivity index (χ3n) is 3.17. The second kappa shape index (κ2) is 5.69. The Morgan fingerprint density at radius 1 is 1.30 bits per heavy atom. The smallest absolute Gasteiger partial charge is 0.242 e. The molecule has 0 aromatic carbocycles. The summed E-state index contributed by atoms with van der Waals surface area (Å²) in [7, 11) is -3.47. The molecule has 1 aliphatic carbocycles. The van der Waals surface area contributed by atoms with Crippen molar-refractivity contribution in [1.29, 1.82) is 0 Å². The van der Waals surface area contributed by atoms with Crippen molar-refractivity contribution < 1.29 is 12.8 Å². The van der Waals surface area contributed by atoms with Crippen LogP contribution in [0.15, 0.2) is 39.4 Å². The summed E-state index contributed by atoms with van der Waals surface area (Å²) in [5, 5.41) is 5.16. The largest absolute Gasteiger partial charge is 0.472 e. The summed E-state index contributed by atoms with van der Waals surface area (Å²) in [4.78, 5) is 1.23. The van der Waals surface area contributed by atoms with E-state index in [9.17, 15) is 8.42 Å². The molecule has 108 valence electrons. The molecule has 0 spiro atoms. The lowest BCUT2D eigenvalue weighted by atomic mass is 10.4. The van der Waals surface area contributed by atoms with E-state index in [1.807, 2.05) is 5.38 Å². The van der Waals surface area contributed by atoms with Crippen molar-refractivity contribution in [3.05, 3.63) is 40.5 Å². The molecule has 0 atom stereocenters. The quantitative estimate of drug-likeness (QED) is 0.821. The van der Waals surface area contributed by atoms with E-state index < -0.39 is 10.0 Å². The molecule has 7 heteroatoms. The summed E-state index contributed by atoms with van der Waals surface area (Å²) in [5.74, 6) is 0. The molecule has 0 aliphatic heterocycles. The van der Waals surface area contributed by atoms with Crippen LogP contribution >= 0.6 is 11.3 Å². The van der Waals surface area contributed by atoms with E-state index in [2.05, 4.69) is 10.0 Å². The molecule has 0 amide bonds. The van der Waals surface area contributed by atoms with Crippen molar-refractivity contribution in [3.63, 3.8) is 0 Å². The lowest BCUT2D eigenvalue weighted by molar-refractivity contribution is 0.561. The van der Waals surface area contributed by atoms with Gasteiger partial charge in [-0.05, 0) is 30.4 Å². The number of thiophene rings is 1. The number of hydrogen-bond donors (Lipinski definition) is 2. The highest BCUT2D eigenvalue weighted by atomic mass is 32.2. The fourth-order valence-electron chi connectivity index (χ4n) is 1.87. The summed E-state index contributed by atoms with van der Waals surface area (Å²) in [6.45, 7) is 0.856. The molecule has 0 bridgehead atoms. The highest BCUT2D eigenvalue weighted by Gasteiger charge is 2.23. The Morgan fingerprint density at radius 2 is 2.15 bits per heavy atom. The molecule has 2 heterocycles. The third kappa shape index (κ3) is 3.29. The minimum Gasteiger partial charge on any atom is -0.472 e. The molecule has 2 aromatic heterocycles. The first-order chi connectivity index (χ1) is 9.65. The fourth-order valence-corrected chi connectivity index (χ4v) is 4.28. The summed E-state index contributed by atoms with van der Waals surface area (Å²) in [6.07, 6.45) is 5.43. The number of nitrogens with one attached hydrogen (secondary N) is 2. The molecular weight excluding hydrogens is 296 g/mol. The van der Waals surface area contributed by atoms with E-state index in [-0.39, 0.29) is 6.54 Å². The van der Waals surface area contributed by atoms with Crippen molar-refractivity contribution >= 4 is 21.4 Å². The molecule has 1 fully saturated rings. The Kier molecular flexibility index (Phi) is 3.93. The van der Waals surface area contributed by atoms with Gasteiger partial charge in [-0.15, -0.1) is 11.3 Å². The van der Waals surface area contributed by atoms with Crippen LogP contribution in [-0.4, -0.2) is 14.5 Å². The van der Waals surface area contributed by atoms with Crippen LogP contribution in [-0.2, 0) is 23.1 Å². The topological polar surface area (TPSA) is 71.3 Å². The van der Waals surface area contributed by atoms with Crippen LogP contribution in [0.25, 0.3) is 0 Å². The van der Waals surface area contributed by atoms with E-state index in [0.29, 0.717) is 17.5 Å². The lowest BCUT2D eigenvalue weighted by Gasteiger charge is -2.07. The van der Waals surface area contributed by atoms with Crippen molar-refractivity contribution in [1.82, 2.24) is 10.0 Å². The molecule has 0 radical (unpaired) electrons. The maximum Gasteiger partial charge on any atom is 0.242 e. The molecule has 5 nitrogen and oxygen atoms in total. The highest BCUT2D eigenvalue weighted by Crippen LogP contribution is 2.25. The normalized spacial score (nSPS) is 15.6. The van der Waals surface area contributed by atoms with Crippen LogP contribution in [0, 0.1) is 0 Å². The first kappa shape index (κ1) is 13.8. The van der Waals surface area contributed by atoms with E-state index in [1.54, 1.807) is 12.1 Å². The van der Waals surface area contributed by atoms with Gasteiger partial charge < -0.3 is 9.73 Å². The fraction of sp³-hybridized carbons (Fsp3) is 0.385. The van der Waals surface area contributed by atoms with E-state index in [4.69, 9.17) is 4.42 Å². The lowest BCUT2D eigenvalue weighted by Crippen LogP contribution is -2.24. The monoisotopic (exact) mass is 312 g/mol. The van der Waals surface area contributed by atoms with Crippen LogP contribution in [0.4, 0.5) is 0 Å². The zero-order valence-corrected chi connectivity index (χ0v) is 12.5. The number of furan rings is 1. The van der Waals surface area contributed by atoms with Crippen molar-refractivity contribution in [2.24, 2.45) is 0 Å². The van der Waals surface area contributed by atoms with Gasteiger partial charge in [0.2, 0.25) is 10.0 Å². The predicted molar refractivity (Wildman–Crippen MR) is 76.9 cm³/mol. The highest BCUT2D eigenvalue weighted by molar-refractivity contribution is 7.89. The number of hydrogen-bond acceptors (Lipinski definition) is 5.